The maximum Gasteiger partial charge on any atom is 0.417 e. The van der Waals surface area contributed by atoms with Crippen molar-refractivity contribution in [3.8, 4) is 0 Å². The summed E-state index contributed by atoms with van der Waals surface area (Å²) in [4.78, 5) is 0. The van der Waals surface area contributed by atoms with Crippen LogP contribution in [0, 0.1) is 5.92 Å². The smallest absolute Gasteiger partial charge is 0.166 e. The first-order chi connectivity index (χ1) is 9.48. The van der Waals surface area contributed by atoms with E-state index in [1.165, 1.54) is 6.07 Å². The summed E-state index contributed by atoms with van der Waals surface area (Å²) in [6.45, 7) is 0. The third kappa shape index (κ3) is 2.18. The van der Waals surface area contributed by atoms with Gasteiger partial charge in [0.25, 0.3) is 0 Å². The summed E-state index contributed by atoms with van der Waals surface area (Å²) in [5.41, 5.74) is 1.88. The summed E-state index contributed by atoms with van der Waals surface area (Å²) in [6.07, 6.45) is -0.598. The molecule has 0 unspecified atom stereocenters. The van der Waals surface area contributed by atoms with Gasteiger partial charge in [0, 0.05) is 4.47 Å². The lowest BCUT2D eigenvalue weighted by Gasteiger charge is -2.16. The van der Waals surface area contributed by atoms with Crippen molar-refractivity contribution in [1.82, 2.24) is 0 Å². The Bertz CT molecular complexity index is 686. The van der Waals surface area contributed by atoms with Crippen molar-refractivity contribution in [1.29, 1.82) is 0 Å². The lowest BCUT2D eigenvalue weighted by atomic mass is 9.92. The lowest BCUT2D eigenvalue weighted by Crippen LogP contribution is -2.09. The molecule has 0 nitrogen and oxygen atoms in total. The number of fused-ring (bicyclic) bond motifs is 1. The fourth-order valence-electron chi connectivity index (χ4n) is 2.34. The predicted molar refractivity (Wildman–Crippen MR) is 76.1 cm³/mol. The molecule has 3 rings (SSSR count). The van der Waals surface area contributed by atoms with Crippen molar-refractivity contribution >= 4 is 22.0 Å². The van der Waals surface area contributed by atoms with Gasteiger partial charge in [0.2, 0.25) is 0 Å². The van der Waals surface area contributed by atoms with E-state index in [1.54, 1.807) is 6.07 Å². The topological polar surface area (TPSA) is 0 Å². The average molecular weight is 338 g/mol. The molecule has 2 aromatic carbocycles. The summed E-state index contributed by atoms with van der Waals surface area (Å²) in [7, 11) is 0. The van der Waals surface area contributed by atoms with E-state index in [-0.39, 0.29) is 4.47 Å². The molecule has 0 N–H and O–H groups in total. The molecule has 20 heavy (non-hydrogen) atoms. The normalized spacial score (nSPS) is 14.6. The fraction of sp³-hybridized carbons (Fsp3) is 0.0625. The SMILES string of the molecule is FC(F)(F)c1cccc([C]2C=Cc3ccccc32)c1Br. The monoisotopic (exact) mass is 337 g/mol. The summed E-state index contributed by atoms with van der Waals surface area (Å²) >= 11 is 3.10. The van der Waals surface area contributed by atoms with Crippen molar-refractivity contribution < 1.29 is 13.2 Å². The number of halogens is 4. The molecule has 0 aromatic heterocycles. The minimum atomic E-state index is -4.36. The highest BCUT2D eigenvalue weighted by Crippen LogP contribution is 2.42. The average Bonchev–Trinajstić information content (AvgIpc) is 2.81. The summed E-state index contributed by atoms with van der Waals surface area (Å²) in [5, 5.41) is 0. The van der Waals surface area contributed by atoms with E-state index in [0.717, 1.165) is 23.1 Å². The quantitative estimate of drug-likeness (QED) is 0.647. The van der Waals surface area contributed by atoms with E-state index < -0.39 is 11.7 Å². The number of hydrogen-bond acceptors (Lipinski definition) is 0. The van der Waals surface area contributed by atoms with Crippen LogP contribution in [0.15, 0.2) is 53.0 Å². The van der Waals surface area contributed by atoms with Crippen molar-refractivity contribution in [2.45, 2.75) is 6.18 Å². The van der Waals surface area contributed by atoms with Crippen LogP contribution in [0.25, 0.3) is 6.08 Å². The van der Waals surface area contributed by atoms with E-state index >= 15 is 0 Å². The van der Waals surface area contributed by atoms with Crippen LogP contribution < -0.4 is 0 Å². The van der Waals surface area contributed by atoms with Gasteiger partial charge in [0.1, 0.15) is 0 Å². The summed E-state index contributed by atoms with van der Waals surface area (Å²) < 4.78 is 38.9. The Morgan fingerprint density at radius 1 is 0.800 bits per heavy atom. The second-order valence-electron chi connectivity index (χ2n) is 4.50. The van der Waals surface area contributed by atoms with Gasteiger partial charge in [-0.25, -0.2) is 0 Å². The number of hydrogen-bond donors (Lipinski definition) is 0. The second kappa shape index (κ2) is 4.77. The minimum absolute atomic E-state index is 0.0869. The van der Waals surface area contributed by atoms with E-state index in [9.17, 15) is 13.2 Å². The molecule has 0 amide bonds. The van der Waals surface area contributed by atoms with Gasteiger partial charge in [-0.1, -0.05) is 48.6 Å². The van der Waals surface area contributed by atoms with Gasteiger partial charge in [0.05, 0.1) is 11.5 Å². The van der Waals surface area contributed by atoms with Crippen LogP contribution in [0.4, 0.5) is 13.2 Å². The fourth-order valence-corrected chi connectivity index (χ4v) is 3.05. The largest absolute Gasteiger partial charge is 0.417 e. The third-order valence-electron chi connectivity index (χ3n) is 3.27. The van der Waals surface area contributed by atoms with E-state index in [0.29, 0.717) is 5.56 Å². The van der Waals surface area contributed by atoms with Gasteiger partial charge in [0.15, 0.2) is 0 Å². The highest BCUT2D eigenvalue weighted by atomic mass is 79.9. The van der Waals surface area contributed by atoms with E-state index in [2.05, 4.69) is 15.9 Å². The first-order valence-corrected chi connectivity index (χ1v) is 6.78. The summed E-state index contributed by atoms with van der Waals surface area (Å²) in [6, 6.07) is 11.9. The predicted octanol–water partition coefficient (Wildman–Crippen LogP) is 5.47. The molecule has 101 valence electrons. The number of rotatable bonds is 1. The molecule has 0 spiro atoms. The van der Waals surface area contributed by atoms with Gasteiger partial charge >= 0.3 is 6.18 Å². The molecule has 0 saturated carbocycles. The Morgan fingerprint density at radius 2 is 1.50 bits per heavy atom. The highest BCUT2D eigenvalue weighted by Gasteiger charge is 2.35. The Labute approximate surface area is 123 Å². The zero-order valence-corrected chi connectivity index (χ0v) is 11.8. The Kier molecular flexibility index (Phi) is 3.21. The molecule has 0 heterocycles. The Morgan fingerprint density at radius 3 is 2.25 bits per heavy atom. The van der Waals surface area contributed by atoms with Crippen LogP contribution in [0.3, 0.4) is 0 Å². The number of allylic oxidation sites excluding steroid dienone is 1. The molecule has 1 aliphatic rings. The van der Waals surface area contributed by atoms with Crippen LogP contribution in [-0.2, 0) is 6.18 Å². The first-order valence-electron chi connectivity index (χ1n) is 5.99. The lowest BCUT2D eigenvalue weighted by molar-refractivity contribution is -0.138. The van der Waals surface area contributed by atoms with Crippen molar-refractivity contribution in [3.63, 3.8) is 0 Å². The molecule has 0 aliphatic heterocycles. The molecule has 0 saturated heterocycles. The third-order valence-corrected chi connectivity index (χ3v) is 4.13. The molecule has 0 atom stereocenters. The van der Waals surface area contributed by atoms with Crippen molar-refractivity contribution in [2.24, 2.45) is 0 Å². The van der Waals surface area contributed by atoms with Crippen LogP contribution in [0.1, 0.15) is 22.3 Å². The van der Waals surface area contributed by atoms with E-state index in [1.807, 2.05) is 36.4 Å². The van der Waals surface area contributed by atoms with Crippen LogP contribution in [0.2, 0.25) is 0 Å². The Hall–Kier alpha value is -1.55. The molecule has 4 heteroatoms. The maximum atomic E-state index is 13.0. The van der Waals surface area contributed by atoms with Crippen LogP contribution >= 0.6 is 15.9 Å². The second-order valence-corrected chi connectivity index (χ2v) is 5.29. The van der Waals surface area contributed by atoms with Gasteiger partial charge in [-0.05, 0) is 38.7 Å². The molecule has 1 aliphatic carbocycles. The molecule has 0 fully saturated rings. The van der Waals surface area contributed by atoms with E-state index in [4.69, 9.17) is 0 Å². The summed E-state index contributed by atoms with van der Waals surface area (Å²) in [5.74, 6) is 0.804. The molecule has 2 aromatic rings. The minimum Gasteiger partial charge on any atom is -0.166 e. The molecule has 0 bridgehead atoms. The standard InChI is InChI=1S/C16H9BrF3/c17-15-13(6-3-7-14(15)16(18,19)20)12-9-8-10-4-1-2-5-11(10)12/h1-9H. The maximum absolute atomic E-state index is 13.0. The van der Waals surface area contributed by atoms with Gasteiger partial charge in [-0.15, -0.1) is 0 Å². The number of alkyl halides is 3. The Balaban J connectivity index is 2.12. The van der Waals surface area contributed by atoms with Crippen molar-refractivity contribution in [3.05, 3.63) is 81.2 Å². The molecule has 1 radical (unpaired) electrons. The molecular weight excluding hydrogens is 329 g/mol. The van der Waals surface area contributed by atoms with Gasteiger partial charge in [-0.2, -0.15) is 13.2 Å². The van der Waals surface area contributed by atoms with Gasteiger partial charge in [-0.3, -0.25) is 0 Å². The van der Waals surface area contributed by atoms with Crippen LogP contribution in [-0.4, -0.2) is 0 Å². The van der Waals surface area contributed by atoms with Crippen molar-refractivity contribution in [2.75, 3.05) is 0 Å². The first kappa shape index (κ1) is 13.4. The van der Waals surface area contributed by atoms with Crippen LogP contribution in [0.5, 0.6) is 0 Å². The number of benzene rings is 2. The zero-order valence-electron chi connectivity index (χ0n) is 10.2. The van der Waals surface area contributed by atoms with Gasteiger partial charge < -0.3 is 0 Å². The zero-order chi connectivity index (χ0) is 14.3. The highest BCUT2D eigenvalue weighted by molar-refractivity contribution is 9.10. The molecular formula is C16H9BrF3.